The molecule has 3 aromatic rings. The summed E-state index contributed by atoms with van der Waals surface area (Å²) >= 11 is 7.63. The van der Waals surface area contributed by atoms with Gasteiger partial charge in [-0.1, -0.05) is 17.7 Å². The molecule has 1 saturated heterocycles. The van der Waals surface area contributed by atoms with E-state index in [0.717, 1.165) is 27.0 Å². The van der Waals surface area contributed by atoms with Gasteiger partial charge in [-0.15, -0.1) is 11.3 Å². The maximum atomic E-state index is 13.7. The van der Waals surface area contributed by atoms with E-state index in [2.05, 4.69) is 0 Å². The van der Waals surface area contributed by atoms with Crippen LogP contribution in [-0.4, -0.2) is 58.6 Å². The number of fused-ring (bicyclic) bond motifs is 1. The van der Waals surface area contributed by atoms with E-state index in [4.69, 9.17) is 30.9 Å². The third-order valence-corrected chi connectivity index (χ3v) is 7.29. The number of aromatic nitrogens is 2. The van der Waals surface area contributed by atoms with E-state index in [-0.39, 0.29) is 17.9 Å². The van der Waals surface area contributed by atoms with E-state index >= 15 is 0 Å². The van der Waals surface area contributed by atoms with Crippen LogP contribution in [0.25, 0.3) is 0 Å². The van der Waals surface area contributed by atoms with Crippen LogP contribution in [0.5, 0.6) is 11.5 Å². The number of carbonyl (C=O) groups is 2. The zero-order valence-electron chi connectivity index (χ0n) is 20.5. The molecule has 0 saturated carbocycles. The third kappa shape index (κ3) is 5.22. The molecule has 4 heterocycles. The molecule has 2 aliphatic heterocycles. The van der Waals surface area contributed by atoms with Gasteiger partial charge in [0.15, 0.2) is 11.5 Å². The average Bonchev–Trinajstić information content (AvgIpc) is 3.40. The number of hydrogen-bond acceptors (Lipinski definition) is 7. The first-order valence-corrected chi connectivity index (χ1v) is 13.1. The van der Waals surface area contributed by atoms with Crippen molar-refractivity contribution in [1.29, 1.82) is 0 Å². The molecule has 2 aromatic heterocycles. The van der Waals surface area contributed by atoms with Crippen LogP contribution in [-0.2, 0) is 17.6 Å². The number of carbonyl (C=O) groups excluding carboxylic acids is 2. The Morgan fingerprint density at radius 3 is 2.64 bits per heavy atom. The number of halogens is 1. The monoisotopic (exact) mass is 529 g/mol. The number of likely N-dealkylation sites (tertiary alicyclic amines) is 1. The lowest BCUT2D eigenvalue weighted by Crippen LogP contribution is -2.50. The van der Waals surface area contributed by atoms with Gasteiger partial charge in [0, 0.05) is 29.6 Å². The van der Waals surface area contributed by atoms with Crippen molar-refractivity contribution >= 4 is 34.9 Å². The summed E-state index contributed by atoms with van der Waals surface area (Å²) in [6.45, 7) is 7.37. The normalized spacial score (nSPS) is 15.5. The number of para-hydroxylation sites is 1. The predicted molar refractivity (Wildman–Crippen MR) is 137 cm³/mol. The van der Waals surface area contributed by atoms with Crippen LogP contribution in [0.4, 0.5) is 4.79 Å². The van der Waals surface area contributed by atoms with E-state index in [9.17, 15) is 9.59 Å². The van der Waals surface area contributed by atoms with Crippen LogP contribution in [0.3, 0.4) is 0 Å². The number of benzene rings is 1. The van der Waals surface area contributed by atoms with Crippen LogP contribution in [0, 0.1) is 0 Å². The summed E-state index contributed by atoms with van der Waals surface area (Å²) in [5, 5.41) is 4.71. The number of aryl methyl sites for hydroxylation is 2. The molecule has 0 unspecified atom stereocenters. The van der Waals surface area contributed by atoms with Crippen molar-refractivity contribution in [2.75, 3.05) is 26.3 Å². The molecule has 36 heavy (non-hydrogen) atoms. The molecule has 10 heteroatoms. The second kappa shape index (κ2) is 9.78. The molecule has 1 fully saturated rings. The van der Waals surface area contributed by atoms with Gasteiger partial charge in [0.05, 0.1) is 15.6 Å². The van der Waals surface area contributed by atoms with E-state index in [0.29, 0.717) is 49.8 Å². The number of hydrogen-bond donors (Lipinski definition) is 0. The zero-order valence-corrected chi connectivity index (χ0v) is 22.0. The fourth-order valence-electron chi connectivity index (χ4n) is 4.23. The van der Waals surface area contributed by atoms with Crippen molar-refractivity contribution in [3.63, 3.8) is 0 Å². The number of nitrogens with zero attached hydrogens (tertiary/aromatic N) is 3. The Labute approximate surface area is 218 Å². The van der Waals surface area contributed by atoms with Crippen LogP contribution in [0.15, 0.2) is 36.4 Å². The predicted octanol–water partition coefficient (Wildman–Crippen LogP) is 5.18. The smallest absolute Gasteiger partial charge is 0.410 e. The minimum absolute atomic E-state index is 0.0331. The van der Waals surface area contributed by atoms with E-state index < -0.39 is 5.60 Å². The minimum Gasteiger partial charge on any atom is -0.486 e. The van der Waals surface area contributed by atoms with Crippen molar-refractivity contribution in [2.45, 2.75) is 45.1 Å². The molecule has 8 nitrogen and oxygen atoms in total. The lowest BCUT2D eigenvalue weighted by atomic mass is 9.96. The van der Waals surface area contributed by atoms with E-state index in [1.54, 1.807) is 23.1 Å². The number of ether oxygens (including phenoxy) is 3. The Balaban J connectivity index is 1.39. The van der Waals surface area contributed by atoms with Crippen LogP contribution in [0.2, 0.25) is 4.34 Å². The van der Waals surface area contributed by atoms with Gasteiger partial charge in [-0.25, -0.2) is 9.48 Å². The molecular formula is C26H28ClN3O5S. The second-order valence-corrected chi connectivity index (χ2v) is 11.7. The van der Waals surface area contributed by atoms with Crippen molar-refractivity contribution in [2.24, 2.45) is 0 Å². The highest BCUT2D eigenvalue weighted by Gasteiger charge is 2.37. The first kappa shape index (κ1) is 24.6. The molecule has 5 rings (SSSR count). The molecule has 0 radical (unpaired) electrons. The molecule has 0 aliphatic carbocycles. The summed E-state index contributed by atoms with van der Waals surface area (Å²) in [5.41, 5.74) is 1.44. The standard InChI is InChI=1S/C26H28ClN3O5S/c1-26(2,3)35-25(32)29-14-16(15-29)20-13-17(7-8-18-9-10-22(27)36-18)30(28-20)24(31)19-5-4-6-21-23(19)34-12-11-33-21/h4-6,9-10,13,16H,7-8,11-12,14-15H2,1-3H3. The summed E-state index contributed by atoms with van der Waals surface area (Å²) in [4.78, 5) is 28.8. The molecule has 2 aliphatic rings. The first-order chi connectivity index (χ1) is 17.2. The third-order valence-electron chi connectivity index (χ3n) is 6.00. The second-order valence-electron chi connectivity index (χ2n) is 9.90. The fraction of sp³-hybridized carbons (Fsp3) is 0.423. The average molecular weight is 530 g/mol. The van der Waals surface area contributed by atoms with Crippen molar-refractivity contribution < 1.29 is 23.8 Å². The van der Waals surface area contributed by atoms with Gasteiger partial charge in [0.2, 0.25) is 0 Å². The Bertz CT molecular complexity index is 1290. The Morgan fingerprint density at radius 1 is 1.14 bits per heavy atom. The molecule has 0 atom stereocenters. The van der Waals surface area contributed by atoms with E-state index in [1.165, 1.54) is 16.0 Å². The van der Waals surface area contributed by atoms with E-state index in [1.807, 2.05) is 39.0 Å². The van der Waals surface area contributed by atoms with Crippen LogP contribution < -0.4 is 9.47 Å². The maximum absolute atomic E-state index is 13.7. The van der Waals surface area contributed by atoms with Gasteiger partial charge >= 0.3 is 6.09 Å². The van der Waals surface area contributed by atoms with Gasteiger partial charge in [0.1, 0.15) is 18.8 Å². The van der Waals surface area contributed by atoms with Gasteiger partial charge in [-0.05, 0) is 63.9 Å². The molecule has 0 N–H and O–H groups in total. The SMILES string of the molecule is CC(C)(C)OC(=O)N1CC(c2cc(CCc3ccc(Cl)s3)n(C(=O)c3cccc4c3OCCO4)n2)C1. The highest BCUT2D eigenvalue weighted by Crippen LogP contribution is 2.35. The molecular weight excluding hydrogens is 502 g/mol. The Hall–Kier alpha value is -3.04. The first-order valence-electron chi connectivity index (χ1n) is 11.9. The quantitative estimate of drug-likeness (QED) is 0.453. The highest BCUT2D eigenvalue weighted by atomic mass is 35.5. The Kier molecular flexibility index (Phi) is 6.70. The number of amides is 1. The van der Waals surface area contributed by atoms with Gasteiger partial charge in [-0.3, -0.25) is 4.79 Å². The fourth-order valence-corrected chi connectivity index (χ4v) is 5.32. The summed E-state index contributed by atoms with van der Waals surface area (Å²) in [7, 11) is 0. The number of rotatable bonds is 5. The summed E-state index contributed by atoms with van der Waals surface area (Å²) < 4.78 is 19.1. The molecule has 1 amide bonds. The molecule has 190 valence electrons. The zero-order chi connectivity index (χ0) is 25.4. The summed E-state index contributed by atoms with van der Waals surface area (Å²) in [6.07, 6.45) is 1.01. The van der Waals surface area contributed by atoms with Crippen molar-refractivity contribution in [3.8, 4) is 11.5 Å². The summed E-state index contributed by atoms with van der Waals surface area (Å²) in [6, 6.07) is 11.1. The van der Waals surface area contributed by atoms with Crippen molar-refractivity contribution in [3.05, 3.63) is 62.6 Å². The van der Waals surface area contributed by atoms with Crippen molar-refractivity contribution in [1.82, 2.24) is 14.7 Å². The topological polar surface area (TPSA) is 82.9 Å². The number of thiophene rings is 1. The molecule has 1 aromatic carbocycles. The Morgan fingerprint density at radius 2 is 1.92 bits per heavy atom. The van der Waals surface area contributed by atoms with Crippen LogP contribution >= 0.6 is 22.9 Å². The lowest BCUT2D eigenvalue weighted by Gasteiger charge is -2.38. The lowest BCUT2D eigenvalue weighted by molar-refractivity contribution is 0.00780. The molecule has 0 bridgehead atoms. The largest absolute Gasteiger partial charge is 0.486 e. The summed E-state index contributed by atoms with van der Waals surface area (Å²) in [5.74, 6) is 0.764. The maximum Gasteiger partial charge on any atom is 0.410 e. The highest BCUT2D eigenvalue weighted by molar-refractivity contribution is 7.16. The van der Waals surface area contributed by atoms with Gasteiger partial charge < -0.3 is 19.1 Å². The van der Waals surface area contributed by atoms with Gasteiger partial charge in [0.25, 0.3) is 5.91 Å². The minimum atomic E-state index is -0.547. The molecule has 0 spiro atoms. The van der Waals surface area contributed by atoms with Crippen LogP contribution in [0.1, 0.15) is 53.3 Å². The van der Waals surface area contributed by atoms with Gasteiger partial charge in [-0.2, -0.15) is 5.10 Å².